The van der Waals surface area contributed by atoms with Crippen LogP contribution in [0.4, 0.5) is 4.39 Å². The van der Waals surface area contributed by atoms with Crippen LogP contribution < -0.4 is 0 Å². The molecule has 76 valence electrons. The first-order chi connectivity index (χ1) is 6.35. The fraction of sp³-hybridized carbons (Fsp3) is 0.222. The van der Waals surface area contributed by atoms with Crippen LogP contribution in [-0.2, 0) is 10.4 Å². The van der Waals surface area contributed by atoms with Gasteiger partial charge in [0, 0.05) is 5.56 Å². The average Bonchev–Trinajstić information content (AvgIpc) is 2.02. The maximum Gasteiger partial charge on any atom is 0.340 e. The lowest BCUT2D eigenvalue weighted by Gasteiger charge is -2.19. The predicted octanol–water partition coefficient (Wildman–Crippen LogP) is 1.77. The van der Waals surface area contributed by atoms with Crippen LogP contribution in [0.15, 0.2) is 18.2 Å². The molecule has 0 aliphatic heterocycles. The Hall–Kier alpha value is -1.13. The maximum atomic E-state index is 12.6. The number of hydrogen-bond acceptors (Lipinski definition) is 2. The van der Waals surface area contributed by atoms with Gasteiger partial charge in [-0.15, -0.1) is 0 Å². The quantitative estimate of drug-likeness (QED) is 0.796. The highest BCUT2D eigenvalue weighted by atomic mass is 35.5. The predicted molar refractivity (Wildman–Crippen MR) is 48.6 cm³/mol. The first kappa shape index (κ1) is 10.9. The number of carboxylic acids is 1. The number of carbonyl (C=O) groups is 1. The summed E-state index contributed by atoms with van der Waals surface area (Å²) in [5.74, 6) is -2.02. The van der Waals surface area contributed by atoms with E-state index in [0.29, 0.717) is 0 Å². The standard InChI is InChI=1S/C9H8ClFO3/c1-9(14,8(12)13)6-3-2-5(11)4-7(6)10/h2-4,14H,1H3,(H,12,13). The summed E-state index contributed by atoms with van der Waals surface area (Å²) >= 11 is 5.59. The van der Waals surface area contributed by atoms with Gasteiger partial charge in [0.1, 0.15) is 5.82 Å². The van der Waals surface area contributed by atoms with Gasteiger partial charge >= 0.3 is 5.97 Å². The largest absolute Gasteiger partial charge is 0.479 e. The van der Waals surface area contributed by atoms with Gasteiger partial charge in [0.2, 0.25) is 0 Å². The van der Waals surface area contributed by atoms with E-state index in [4.69, 9.17) is 16.7 Å². The molecular weight excluding hydrogens is 211 g/mol. The van der Waals surface area contributed by atoms with Gasteiger partial charge in [-0.3, -0.25) is 0 Å². The van der Waals surface area contributed by atoms with Gasteiger partial charge in [-0.2, -0.15) is 0 Å². The molecule has 0 spiro atoms. The zero-order valence-corrected chi connectivity index (χ0v) is 8.05. The molecule has 1 aromatic rings. The van der Waals surface area contributed by atoms with Crippen LogP contribution in [0.5, 0.6) is 0 Å². The molecule has 0 amide bonds. The highest BCUT2D eigenvalue weighted by Gasteiger charge is 2.34. The molecule has 5 heteroatoms. The smallest absolute Gasteiger partial charge is 0.340 e. The van der Waals surface area contributed by atoms with Crippen LogP contribution in [0.25, 0.3) is 0 Å². The summed E-state index contributed by atoms with van der Waals surface area (Å²) in [6.07, 6.45) is 0. The number of aliphatic carboxylic acids is 1. The van der Waals surface area contributed by atoms with E-state index in [1.165, 1.54) is 0 Å². The van der Waals surface area contributed by atoms with Gasteiger partial charge in [-0.25, -0.2) is 9.18 Å². The van der Waals surface area contributed by atoms with Gasteiger partial charge in [0.05, 0.1) is 5.02 Å². The van der Waals surface area contributed by atoms with Crippen LogP contribution in [-0.4, -0.2) is 16.2 Å². The lowest BCUT2D eigenvalue weighted by molar-refractivity contribution is -0.157. The molecular formula is C9H8ClFO3. The molecule has 14 heavy (non-hydrogen) atoms. The van der Waals surface area contributed by atoms with E-state index >= 15 is 0 Å². The Morgan fingerprint density at radius 3 is 2.57 bits per heavy atom. The second-order valence-electron chi connectivity index (χ2n) is 3.00. The lowest BCUT2D eigenvalue weighted by atomic mass is 9.96. The monoisotopic (exact) mass is 218 g/mol. The van der Waals surface area contributed by atoms with Crippen molar-refractivity contribution in [3.8, 4) is 0 Å². The molecule has 3 nitrogen and oxygen atoms in total. The topological polar surface area (TPSA) is 57.5 Å². The third-order valence-corrected chi connectivity index (χ3v) is 2.18. The first-order valence-electron chi connectivity index (χ1n) is 3.77. The van der Waals surface area contributed by atoms with Gasteiger partial charge in [0.25, 0.3) is 0 Å². The minimum Gasteiger partial charge on any atom is -0.479 e. The Bertz CT molecular complexity index is 376. The Balaban J connectivity index is 3.26. The van der Waals surface area contributed by atoms with Gasteiger partial charge in [0.15, 0.2) is 5.60 Å². The zero-order chi connectivity index (χ0) is 10.9. The molecule has 1 aromatic carbocycles. The molecule has 0 aromatic heterocycles. The Labute approximate surface area is 84.7 Å². The van der Waals surface area contributed by atoms with Gasteiger partial charge in [-0.05, 0) is 19.1 Å². The number of benzene rings is 1. The number of aliphatic hydroxyl groups is 1. The molecule has 0 fully saturated rings. The van der Waals surface area contributed by atoms with E-state index in [2.05, 4.69) is 0 Å². The normalized spacial score (nSPS) is 14.9. The van der Waals surface area contributed by atoms with Crippen LogP contribution in [0.3, 0.4) is 0 Å². The van der Waals surface area contributed by atoms with Crippen molar-refractivity contribution in [2.45, 2.75) is 12.5 Å². The van der Waals surface area contributed by atoms with Crippen LogP contribution in [0, 0.1) is 5.82 Å². The third kappa shape index (κ3) is 1.86. The molecule has 0 radical (unpaired) electrons. The number of halogens is 2. The van der Waals surface area contributed by atoms with E-state index in [1.807, 2.05) is 0 Å². The van der Waals surface area contributed by atoms with Crippen LogP contribution in [0.2, 0.25) is 5.02 Å². The molecule has 1 atom stereocenters. The van der Waals surface area contributed by atoms with E-state index in [0.717, 1.165) is 25.1 Å². The number of carboxylic acid groups (broad SMARTS) is 1. The van der Waals surface area contributed by atoms with Crippen molar-refractivity contribution in [2.24, 2.45) is 0 Å². The number of hydrogen-bond donors (Lipinski definition) is 2. The van der Waals surface area contributed by atoms with Crippen LogP contribution in [0.1, 0.15) is 12.5 Å². The summed E-state index contributed by atoms with van der Waals surface area (Å²) in [7, 11) is 0. The Morgan fingerprint density at radius 1 is 1.57 bits per heavy atom. The molecule has 0 aliphatic carbocycles. The molecule has 0 saturated heterocycles. The fourth-order valence-electron chi connectivity index (χ4n) is 0.999. The average molecular weight is 219 g/mol. The van der Waals surface area contributed by atoms with Crippen molar-refractivity contribution >= 4 is 17.6 Å². The maximum absolute atomic E-state index is 12.6. The molecule has 1 unspecified atom stereocenters. The van der Waals surface area contributed by atoms with E-state index in [1.54, 1.807) is 0 Å². The first-order valence-corrected chi connectivity index (χ1v) is 4.15. The van der Waals surface area contributed by atoms with Crippen molar-refractivity contribution < 1.29 is 19.4 Å². The molecule has 2 N–H and O–H groups in total. The van der Waals surface area contributed by atoms with Crippen molar-refractivity contribution in [3.63, 3.8) is 0 Å². The van der Waals surface area contributed by atoms with Crippen molar-refractivity contribution in [3.05, 3.63) is 34.6 Å². The molecule has 0 bridgehead atoms. The van der Waals surface area contributed by atoms with Gasteiger partial charge in [-0.1, -0.05) is 17.7 Å². The minimum absolute atomic E-state index is 0.0342. The molecule has 0 aliphatic rings. The summed E-state index contributed by atoms with van der Waals surface area (Å²) in [6.45, 7) is 1.08. The highest BCUT2D eigenvalue weighted by Crippen LogP contribution is 2.28. The van der Waals surface area contributed by atoms with Crippen molar-refractivity contribution in [1.82, 2.24) is 0 Å². The summed E-state index contributed by atoms with van der Waals surface area (Å²) in [5.41, 5.74) is -2.14. The number of rotatable bonds is 2. The van der Waals surface area contributed by atoms with E-state index in [9.17, 15) is 14.3 Å². The Morgan fingerprint density at radius 2 is 2.14 bits per heavy atom. The van der Waals surface area contributed by atoms with Crippen LogP contribution >= 0.6 is 11.6 Å². The van der Waals surface area contributed by atoms with Crippen molar-refractivity contribution in [1.29, 1.82) is 0 Å². The second-order valence-corrected chi connectivity index (χ2v) is 3.41. The highest BCUT2D eigenvalue weighted by molar-refractivity contribution is 6.31. The second kappa shape index (κ2) is 3.55. The minimum atomic E-state index is -2.11. The van der Waals surface area contributed by atoms with E-state index < -0.39 is 17.4 Å². The van der Waals surface area contributed by atoms with Gasteiger partial charge < -0.3 is 10.2 Å². The zero-order valence-electron chi connectivity index (χ0n) is 7.29. The lowest BCUT2D eigenvalue weighted by Crippen LogP contribution is -2.32. The van der Waals surface area contributed by atoms with Crippen molar-refractivity contribution in [2.75, 3.05) is 0 Å². The summed E-state index contributed by atoms with van der Waals surface area (Å²) in [4.78, 5) is 10.7. The molecule has 0 heterocycles. The summed E-state index contributed by atoms with van der Waals surface area (Å²) < 4.78 is 12.6. The fourth-order valence-corrected chi connectivity index (χ4v) is 1.35. The SMILES string of the molecule is CC(O)(C(=O)O)c1ccc(F)cc1Cl. The molecule has 1 rings (SSSR count). The summed E-state index contributed by atoms with van der Waals surface area (Å²) in [6, 6.07) is 3.14. The third-order valence-electron chi connectivity index (χ3n) is 1.87. The molecule has 0 saturated carbocycles. The van der Waals surface area contributed by atoms with E-state index in [-0.39, 0.29) is 10.6 Å². The summed E-state index contributed by atoms with van der Waals surface area (Å²) in [5, 5.41) is 18.1. The Kier molecular flexibility index (Phi) is 2.78.